The quantitative estimate of drug-likeness (QED) is 0.746. The van der Waals surface area contributed by atoms with E-state index in [0.717, 1.165) is 12.0 Å². The van der Waals surface area contributed by atoms with E-state index in [2.05, 4.69) is 0 Å². The van der Waals surface area contributed by atoms with E-state index in [1.54, 1.807) is 12.1 Å². The molecule has 1 aromatic rings. The third-order valence-electron chi connectivity index (χ3n) is 1.71. The van der Waals surface area contributed by atoms with Crippen molar-refractivity contribution in [2.24, 2.45) is 0 Å². The molecule has 1 rings (SSSR count). The average Bonchev–Trinajstić information content (AvgIpc) is 2.20. The fourth-order valence-corrected chi connectivity index (χ4v) is 1.08. The first kappa shape index (κ1) is 11.9. The molecule has 0 unspecified atom stereocenters. The topological polar surface area (TPSA) is 20.2 Å². The first-order valence-electron chi connectivity index (χ1n) is 4.64. The molecule has 13 heavy (non-hydrogen) atoms. The standard InChI is InChI=1S/C9H11FO.C2H6/c1-2-7-3-4-9(11)5-8(7)6-10;1-2/h3-5,11H,2,6H2,1H3;1-2H3. The number of alkyl halides is 1. The molecule has 0 spiro atoms. The van der Waals surface area contributed by atoms with Gasteiger partial charge in [-0.3, -0.25) is 0 Å². The molecule has 0 atom stereocenters. The second-order valence-corrected chi connectivity index (χ2v) is 2.44. The molecule has 1 aromatic carbocycles. The second kappa shape index (κ2) is 6.46. The van der Waals surface area contributed by atoms with Crippen molar-refractivity contribution in [3.63, 3.8) is 0 Å². The third kappa shape index (κ3) is 3.45. The Kier molecular flexibility index (Phi) is 5.94. The van der Waals surface area contributed by atoms with E-state index in [-0.39, 0.29) is 5.75 Å². The fraction of sp³-hybridized carbons (Fsp3) is 0.455. The van der Waals surface area contributed by atoms with Crippen molar-refractivity contribution in [2.75, 3.05) is 0 Å². The lowest BCUT2D eigenvalue weighted by Crippen LogP contribution is -1.88. The van der Waals surface area contributed by atoms with Crippen LogP contribution in [0.3, 0.4) is 0 Å². The summed E-state index contributed by atoms with van der Waals surface area (Å²) >= 11 is 0. The third-order valence-corrected chi connectivity index (χ3v) is 1.71. The van der Waals surface area contributed by atoms with Crippen molar-refractivity contribution in [3.8, 4) is 5.75 Å². The molecule has 0 saturated heterocycles. The molecule has 0 aliphatic carbocycles. The van der Waals surface area contributed by atoms with Gasteiger partial charge in [-0.15, -0.1) is 0 Å². The zero-order chi connectivity index (χ0) is 10.3. The number of hydrogen-bond donors (Lipinski definition) is 1. The van der Waals surface area contributed by atoms with Crippen LogP contribution in [0.25, 0.3) is 0 Å². The summed E-state index contributed by atoms with van der Waals surface area (Å²) < 4.78 is 12.2. The van der Waals surface area contributed by atoms with Gasteiger partial charge in [0.25, 0.3) is 0 Å². The number of rotatable bonds is 2. The summed E-state index contributed by atoms with van der Waals surface area (Å²) in [5, 5.41) is 9.00. The van der Waals surface area contributed by atoms with Gasteiger partial charge >= 0.3 is 0 Å². The number of aryl methyl sites for hydroxylation is 1. The minimum atomic E-state index is -0.502. The Hall–Kier alpha value is -1.05. The molecular formula is C11H17FO. The van der Waals surface area contributed by atoms with Crippen LogP contribution in [0.15, 0.2) is 18.2 Å². The Morgan fingerprint density at radius 3 is 2.31 bits per heavy atom. The molecule has 0 saturated carbocycles. The van der Waals surface area contributed by atoms with Gasteiger partial charge in [0.2, 0.25) is 0 Å². The maximum Gasteiger partial charge on any atom is 0.115 e. The van der Waals surface area contributed by atoms with Crippen molar-refractivity contribution < 1.29 is 9.50 Å². The molecule has 1 N–H and O–H groups in total. The number of phenolic OH excluding ortho intramolecular Hbond substituents is 1. The van der Waals surface area contributed by atoms with Gasteiger partial charge in [-0.05, 0) is 29.7 Å². The van der Waals surface area contributed by atoms with Crippen LogP contribution < -0.4 is 0 Å². The molecule has 0 bridgehead atoms. The molecule has 2 heteroatoms. The highest BCUT2D eigenvalue weighted by Crippen LogP contribution is 2.17. The van der Waals surface area contributed by atoms with E-state index in [0.29, 0.717) is 5.56 Å². The van der Waals surface area contributed by atoms with E-state index in [9.17, 15) is 4.39 Å². The molecule has 0 radical (unpaired) electrons. The Labute approximate surface area is 79.2 Å². The summed E-state index contributed by atoms with van der Waals surface area (Å²) in [6, 6.07) is 4.81. The molecule has 74 valence electrons. The van der Waals surface area contributed by atoms with Crippen LogP contribution >= 0.6 is 0 Å². The van der Waals surface area contributed by atoms with E-state index in [1.807, 2.05) is 20.8 Å². The van der Waals surface area contributed by atoms with E-state index >= 15 is 0 Å². The van der Waals surface area contributed by atoms with Crippen LogP contribution in [0, 0.1) is 0 Å². The van der Waals surface area contributed by atoms with E-state index in [4.69, 9.17) is 5.11 Å². The van der Waals surface area contributed by atoms with Crippen molar-refractivity contribution >= 4 is 0 Å². The van der Waals surface area contributed by atoms with E-state index < -0.39 is 6.67 Å². The van der Waals surface area contributed by atoms with Gasteiger partial charge in [0.05, 0.1) is 0 Å². The summed E-state index contributed by atoms with van der Waals surface area (Å²) in [7, 11) is 0. The average molecular weight is 184 g/mol. The Balaban J connectivity index is 0.000000671. The molecule has 0 fully saturated rings. The lowest BCUT2D eigenvalue weighted by molar-refractivity contribution is 0.461. The monoisotopic (exact) mass is 184 g/mol. The highest BCUT2D eigenvalue weighted by Gasteiger charge is 2.00. The Bertz CT molecular complexity index is 246. The van der Waals surface area contributed by atoms with Crippen LogP contribution in [0.1, 0.15) is 31.9 Å². The zero-order valence-corrected chi connectivity index (χ0v) is 8.47. The summed E-state index contributed by atoms with van der Waals surface area (Å²) in [6.45, 7) is 5.46. The molecule has 0 amide bonds. The number of benzene rings is 1. The van der Waals surface area contributed by atoms with Crippen molar-refractivity contribution in [2.45, 2.75) is 33.9 Å². The summed E-state index contributed by atoms with van der Waals surface area (Å²) in [5.74, 6) is 0.134. The van der Waals surface area contributed by atoms with Gasteiger partial charge in [-0.1, -0.05) is 26.8 Å². The molecule has 1 nitrogen and oxygen atoms in total. The molecule has 0 aromatic heterocycles. The highest BCUT2D eigenvalue weighted by atomic mass is 19.1. The van der Waals surface area contributed by atoms with Crippen molar-refractivity contribution in [1.29, 1.82) is 0 Å². The maximum absolute atomic E-state index is 12.2. The zero-order valence-electron chi connectivity index (χ0n) is 8.47. The summed E-state index contributed by atoms with van der Waals surface area (Å²) in [5.41, 5.74) is 1.55. The largest absolute Gasteiger partial charge is 0.508 e. The van der Waals surface area contributed by atoms with Crippen LogP contribution in [0.5, 0.6) is 5.75 Å². The first-order chi connectivity index (χ1) is 6.27. The molecule has 0 aliphatic heterocycles. The predicted molar refractivity (Wildman–Crippen MR) is 53.6 cm³/mol. The van der Waals surface area contributed by atoms with Gasteiger partial charge in [0, 0.05) is 0 Å². The molecular weight excluding hydrogens is 167 g/mol. The molecule has 0 aliphatic rings. The first-order valence-corrected chi connectivity index (χ1v) is 4.64. The van der Waals surface area contributed by atoms with Gasteiger partial charge < -0.3 is 5.11 Å². The van der Waals surface area contributed by atoms with Gasteiger partial charge in [-0.25, -0.2) is 4.39 Å². The maximum atomic E-state index is 12.2. The number of aromatic hydroxyl groups is 1. The lowest BCUT2D eigenvalue weighted by atomic mass is 10.1. The van der Waals surface area contributed by atoms with Crippen LogP contribution in [-0.2, 0) is 13.1 Å². The Morgan fingerprint density at radius 2 is 1.85 bits per heavy atom. The van der Waals surface area contributed by atoms with Crippen LogP contribution in [0.2, 0.25) is 0 Å². The van der Waals surface area contributed by atoms with Crippen molar-refractivity contribution in [1.82, 2.24) is 0 Å². The van der Waals surface area contributed by atoms with Gasteiger partial charge in [-0.2, -0.15) is 0 Å². The Morgan fingerprint density at radius 1 is 1.23 bits per heavy atom. The summed E-state index contributed by atoms with van der Waals surface area (Å²) in [6.07, 6.45) is 0.805. The number of halogens is 1. The summed E-state index contributed by atoms with van der Waals surface area (Å²) in [4.78, 5) is 0. The second-order valence-electron chi connectivity index (χ2n) is 2.44. The van der Waals surface area contributed by atoms with Gasteiger partial charge in [0.1, 0.15) is 12.4 Å². The van der Waals surface area contributed by atoms with Crippen LogP contribution in [0.4, 0.5) is 4.39 Å². The minimum Gasteiger partial charge on any atom is -0.508 e. The van der Waals surface area contributed by atoms with Crippen molar-refractivity contribution in [3.05, 3.63) is 29.3 Å². The van der Waals surface area contributed by atoms with Gasteiger partial charge in [0.15, 0.2) is 0 Å². The minimum absolute atomic E-state index is 0.134. The van der Waals surface area contributed by atoms with E-state index in [1.165, 1.54) is 6.07 Å². The van der Waals surface area contributed by atoms with Crippen LogP contribution in [-0.4, -0.2) is 5.11 Å². The smallest absolute Gasteiger partial charge is 0.115 e. The molecule has 0 heterocycles. The lowest BCUT2D eigenvalue weighted by Gasteiger charge is -2.03. The number of phenols is 1. The SMILES string of the molecule is CC.CCc1ccc(O)cc1CF. The normalized spacial score (nSPS) is 8.92. The fourth-order valence-electron chi connectivity index (χ4n) is 1.08. The predicted octanol–water partition coefficient (Wildman–Crippen LogP) is 3.45. The number of hydrogen-bond acceptors (Lipinski definition) is 1. The highest BCUT2D eigenvalue weighted by molar-refractivity contribution is 5.34.